The van der Waals surface area contributed by atoms with Crippen molar-refractivity contribution < 1.29 is 4.79 Å². The lowest BCUT2D eigenvalue weighted by Gasteiger charge is -2.46. The molecule has 1 unspecified atom stereocenters. The van der Waals surface area contributed by atoms with Crippen LogP contribution in [0.1, 0.15) is 41.7 Å². The standard InChI is InChI=1S/C15H25N5O/c1-11-12(13(16)21)14(19(2)18-11)20-8-4-6-15(10-20)5-3-7-17-9-15/h17H,3-10H2,1-2H3,(H2,16,21). The number of nitrogens with two attached hydrogens (primary N) is 1. The first kappa shape index (κ1) is 14.4. The van der Waals surface area contributed by atoms with Crippen LogP contribution in [0.5, 0.6) is 0 Å². The van der Waals surface area contributed by atoms with E-state index in [0.717, 1.165) is 44.1 Å². The minimum Gasteiger partial charge on any atom is -0.365 e. The van der Waals surface area contributed by atoms with Gasteiger partial charge in [-0.15, -0.1) is 0 Å². The molecule has 0 bridgehead atoms. The third-order valence-corrected chi connectivity index (χ3v) is 4.96. The largest absolute Gasteiger partial charge is 0.365 e. The molecule has 1 aromatic rings. The van der Waals surface area contributed by atoms with Gasteiger partial charge in [0, 0.05) is 32.1 Å². The van der Waals surface area contributed by atoms with Gasteiger partial charge in [0.15, 0.2) is 0 Å². The second kappa shape index (κ2) is 5.33. The molecule has 0 aliphatic carbocycles. The lowest BCUT2D eigenvalue weighted by Crippen LogP contribution is -2.51. The van der Waals surface area contributed by atoms with Gasteiger partial charge in [-0.1, -0.05) is 0 Å². The van der Waals surface area contributed by atoms with Crippen LogP contribution in [0.3, 0.4) is 0 Å². The summed E-state index contributed by atoms with van der Waals surface area (Å²) in [7, 11) is 1.90. The molecule has 2 saturated heterocycles. The van der Waals surface area contributed by atoms with Crippen LogP contribution in [0.4, 0.5) is 5.82 Å². The maximum absolute atomic E-state index is 11.8. The van der Waals surface area contributed by atoms with Gasteiger partial charge < -0.3 is 16.0 Å². The van der Waals surface area contributed by atoms with E-state index in [2.05, 4.69) is 15.3 Å². The molecule has 2 fully saturated rings. The summed E-state index contributed by atoms with van der Waals surface area (Å²) in [6, 6.07) is 0. The molecule has 0 aromatic carbocycles. The number of anilines is 1. The summed E-state index contributed by atoms with van der Waals surface area (Å²) in [6.07, 6.45) is 4.92. The Kier molecular flexibility index (Phi) is 3.65. The predicted octanol–water partition coefficient (Wildman–Crippen LogP) is 0.797. The number of aryl methyl sites for hydroxylation is 2. The second-order valence-electron chi connectivity index (χ2n) is 6.58. The fraction of sp³-hybridized carbons (Fsp3) is 0.733. The molecule has 3 N–H and O–H groups in total. The summed E-state index contributed by atoms with van der Waals surface area (Å²) in [5.41, 5.74) is 7.22. The molecule has 1 aromatic heterocycles. The van der Waals surface area contributed by atoms with E-state index in [1.165, 1.54) is 19.3 Å². The van der Waals surface area contributed by atoms with E-state index in [1.807, 2.05) is 18.7 Å². The Morgan fingerprint density at radius 3 is 2.81 bits per heavy atom. The summed E-state index contributed by atoms with van der Waals surface area (Å²) < 4.78 is 1.81. The SMILES string of the molecule is Cc1nn(C)c(N2CCCC3(CCCNC3)C2)c1C(N)=O. The van der Waals surface area contributed by atoms with Crippen molar-refractivity contribution in [1.29, 1.82) is 0 Å². The predicted molar refractivity (Wildman–Crippen MR) is 82.4 cm³/mol. The van der Waals surface area contributed by atoms with Gasteiger partial charge in [-0.2, -0.15) is 5.10 Å². The molecule has 6 heteroatoms. The minimum atomic E-state index is -0.378. The maximum Gasteiger partial charge on any atom is 0.254 e. The maximum atomic E-state index is 11.8. The Bertz CT molecular complexity index is 539. The van der Waals surface area contributed by atoms with Gasteiger partial charge in [0.05, 0.1) is 5.69 Å². The number of carbonyl (C=O) groups excluding carboxylic acids is 1. The van der Waals surface area contributed by atoms with Crippen LogP contribution in [-0.4, -0.2) is 41.9 Å². The minimum absolute atomic E-state index is 0.337. The molecular weight excluding hydrogens is 266 g/mol. The number of rotatable bonds is 2. The molecule has 2 aliphatic rings. The van der Waals surface area contributed by atoms with E-state index in [1.54, 1.807) is 0 Å². The summed E-state index contributed by atoms with van der Waals surface area (Å²) in [4.78, 5) is 14.1. The molecule has 3 rings (SSSR count). The van der Waals surface area contributed by atoms with Crippen LogP contribution in [0.15, 0.2) is 0 Å². The Morgan fingerprint density at radius 2 is 2.14 bits per heavy atom. The number of primary amides is 1. The molecular formula is C15H25N5O. The average Bonchev–Trinajstić information content (AvgIpc) is 2.74. The normalized spacial score (nSPS) is 26.3. The monoisotopic (exact) mass is 291 g/mol. The number of nitrogens with one attached hydrogen (secondary N) is 1. The van der Waals surface area contributed by atoms with Crippen molar-refractivity contribution in [2.24, 2.45) is 18.2 Å². The quantitative estimate of drug-likeness (QED) is 0.845. The zero-order valence-corrected chi connectivity index (χ0v) is 13.0. The number of piperidine rings is 2. The molecule has 116 valence electrons. The van der Waals surface area contributed by atoms with Crippen LogP contribution < -0.4 is 16.0 Å². The zero-order chi connectivity index (χ0) is 15.0. The van der Waals surface area contributed by atoms with Crippen molar-refractivity contribution in [2.45, 2.75) is 32.6 Å². The molecule has 3 heterocycles. The molecule has 0 radical (unpaired) electrons. The molecule has 2 aliphatic heterocycles. The lowest BCUT2D eigenvalue weighted by atomic mass is 9.74. The third-order valence-electron chi connectivity index (χ3n) is 4.96. The molecule has 21 heavy (non-hydrogen) atoms. The highest BCUT2D eigenvalue weighted by Crippen LogP contribution is 2.38. The van der Waals surface area contributed by atoms with E-state index in [-0.39, 0.29) is 5.91 Å². The highest BCUT2D eigenvalue weighted by molar-refractivity contribution is 5.99. The summed E-state index contributed by atoms with van der Waals surface area (Å²) in [5, 5.41) is 7.93. The Balaban J connectivity index is 1.91. The highest BCUT2D eigenvalue weighted by Gasteiger charge is 2.38. The van der Waals surface area contributed by atoms with Gasteiger partial charge in [0.25, 0.3) is 5.91 Å². The van der Waals surface area contributed by atoms with Crippen LogP contribution in [-0.2, 0) is 7.05 Å². The van der Waals surface area contributed by atoms with Gasteiger partial charge in [0.2, 0.25) is 0 Å². The van der Waals surface area contributed by atoms with Crippen LogP contribution in [0.25, 0.3) is 0 Å². The molecule has 6 nitrogen and oxygen atoms in total. The van der Waals surface area contributed by atoms with Crippen LogP contribution in [0, 0.1) is 12.3 Å². The molecule has 1 spiro atoms. The van der Waals surface area contributed by atoms with E-state index < -0.39 is 0 Å². The molecule has 1 amide bonds. The van der Waals surface area contributed by atoms with Crippen molar-refractivity contribution in [2.75, 3.05) is 31.1 Å². The smallest absolute Gasteiger partial charge is 0.254 e. The highest BCUT2D eigenvalue weighted by atomic mass is 16.1. The van der Waals surface area contributed by atoms with Crippen molar-refractivity contribution in [3.8, 4) is 0 Å². The van der Waals surface area contributed by atoms with Crippen molar-refractivity contribution in [3.63, 3.8) is 0 Å². The fourth-order valence-electron chi connectivity index (χ4n) is 4.06. The van der Waals surface area contributed by atoms with Gasteiger partial charge in [-0.05, 0) is 39.2 Å². The van der Waals surface area contributed by atoms with Gasteiger partial charge in [-0.3, -0.25) is 9.48 Å². The fourth-order valence-corrected chi connectivity index (χ4v) is 4.06. The van der Waals surface area contributed by atoms with Crippen molar-refractivity contribution in [3.05, 3.63) is 11.3 Å². The topological polar surface area (TPSA) is 76.2 Å². The lowest BCUT2D eigenvalue weighted by molar-refractivity contribution is 0.0999. The summed E-state index contributed by atoms with van der Waals surface area (Å²) in [5.74, 6) is 0.515. The van der Waals surface area contributed by atoms with E-state index in [0.29, 0.717) is 11.0 Å². The van der Waals surface area contributed by atoms with E-state index in [9.17, 15) is 4.79 Å². The van der Waals surface area contributed by atoms with E-state index >= 15 is 0 Å². The number of amides is 1. The van der Waals surface area contributed by atoms with Gasteiger partial charge in [0.1, 0.15) is 11.4 Å². The number of hydrogen-bond donors (Lipinski definition) is 2. The average molecular weight is 291 g/mol. The third kappa shape index (κ3) is 2.52. The zero-order valence-electron chi connectivity index (χ0n) is 13.0. The Hall–Kier alpha value is -1.56. The number of aromatic nitrogens is 2. The van der Waals surface area contributed by atoms with E-state index in [4.69, 9.17) is 5.73 Å². The number of hydrogen-bond acceptors (Lipinski definition) is 4. The van der Waals surface area contributed by atoms with Gasteiger partial charge in [-0.25, -0.2) is 0 Å². The van der Waals surface area contributed by atoms with Crippen molar-refractivity contribution in [1.82, 2.24) is 15.1 Å². The molecule has 1 atom stereocenters. The Labute approximate surface area is 125 Å². The van der Waals surface area contributed by atoms with Crippen LogP contribution >= 0.6 is 0 Å². The number of nitrogens with zero attached hydrogens (tertiary/aromatic N) is 3. The first-order valence-corrected chi connectivity index (χ1v) is 7.81. The summed E-state index contributed by atoms with van der Waals surface area (Å²) in [6.45, 7) is 6.01. The van der Waals surface area contributed by atoms with Gasteiger partial charge >= 0.3 is 0 Å². The Morgan fingerprint density at radius 1 is 1.38 bits per heavy atom. The second-order valence-corrected chi connectivity index (χ2v) is 6.58. The first-order chi connectivity index (χ1) is 10.0. The molecule has 0 saturated carbocycles. The first-order valence-electron chi connectivity index (χ1n) is 7.81. The van der Waals surface area contributed by atoms with Crippen molar-refractivity contribution >= 4 is 11.7 Å². The number of carbonyl (C=O) groups is 1. The van der Waals surface area contributed by atoms with Crippen LogP contribution in [0.2, 0.25) is 0 Å². The summed E-state index contributed by atoms with van der Waals surface area (Å²) >= 11 is 0.